The first-order valence-corrected chi connectivity index (χ1v) is 8.88. The molecule has 19 heavy (non-hydrogen) atoms. The van der Waals surface area contributed by atoms with Gasteiger partial charge in [0.05, 0.1) is 0 Å². The minimum atomic E-state index is -0.737. The Bertz CT molecular complexity index is 512. The second kappa shape index (κ2) is 6.69. The predicted molar refractivity (Wildman–Crippen MR) is 80.2 cm³/mol. The average Bonchev–Trinajstić information content (AvgIpc) is 2.78. The standard InChI is InChI=1S/C12H16ClN3OS2/c1-2-19(17)9-5-3-4-8(6-9)15-12-10(7-14)11(13)16-18-12/h8-9,15H,2-6H2,1H3. The van der Waals surface area contributed by atoms with Crippen LogP contribution in [-0.4, -0.2) is 25.6 Å². The number of hydrogen-bond donors (Lipinski definition) is 1. The Balaban J connectivity index is 2.03. The third kappa shape index (κ3) is 3.47. The first-order valence-electron chi connectivity index (χ1n) is 6.34. The summed E-state index contributed by atoms with van der Waals surface area (Å²) in [4.78, 5) is 0. The molecule has 104 valence electrons. The Labute approximate surface area is 124 Å². The van der Waals surface area contributed by atoms with Crippen molar-refractivity contribution in [2.45, 2.75) is 43.9 Å². The molecular weight excluding hydrogens is 302 g/mol. The molecule has 0 radical (unpaired) electrons. The van der Waals surface area contributed by atoms with Crippen LogP contribution in [0.1, 0.15) is 38.2 Å². The van der Waals surface area contributed by atoms with Crippen molar-refractivity contribution in [3.63, 3.8) is 0 Å². The minimum Gasteiger partial charge on any atom is -0.372 e. The third-order valence-corrected chi connectivity index (χ3v) is 6.27. The molecule has 0 aliphatic heterocycles. The van der Waals surface area contributed by atoms with E-state index in [0.29, 0.717) is 11.3 Å². The van der Waals surface area contributed by atoms with E-state index in [0.717, 1.165) is 30.7 Å². The number of nitrogens with one attached hydrogen (secondary N) is 1. The van der Waals surface area contributed by atoms with Gasteiger partial charge in [-0.15, -0.1) is 0 Å². The summed E-state index contributed by atoms with van der Waals surface area (Å²) in [5.41, 5.74) is 0.422. The highest BCUT2D eigenvalue weighted by atomic mass is 35.5. The summed E-state index contributed by atoms with van der Waals surface area (Å²) in [6.45, 7) is 1.96. The van der Waals surface area contributed by atoms with E-state index in [1.165, 1.54) is 11.5 Å². The summed E-state index contributed by atoms with van der Waals surface area (Å²) in [5.74, 6) is 0.715. The maximum atomic E-state index is 11.9. The van der Waals surface area contributed by atoms with Crippen LogP contribution in [0.2, 0.25) is 5.15 Å². The van der Waals surface area contributed by atoms with Gasteiger partial charge in [-0.25, -0.2) is 0 Å². The number of nitrogens with zero attached hydrogens (tertiary/aromatic N) is 2. The van der Waals surface area contributed by atoms with Crippen LogP contribution in [0.4, 0.5) is 5.00 Å². The summed E-state index contributed by atoms with van der Waals surface area (Å²) in [6, 6.07) is 2.33. The van der Waals surface area contributed by atoms with Gasteiger partial charge in [0.25, 0.3) is 0 Å². The molecule has 1 fully saturated rings. The molecule has 4 nitrogen and oxygen atoms in total. The molecule has 1 aliphatic rings. The number of nitriles is 1. The molecule has 3 unspecified atom stereocenters. The fourth-order valence-corrected chi connectivity index (χ4v) is 4.76. The lowest BCUT2D eigenvalue weighted by Crippen LogP contribution is -2.32. The van der Waals surface area contributed by atoms with Gasteiger partial charge in [0.15, 0.2) is 5.15 Å². The molecule has 0 spiro atoms. The van der Waals surface area contributed by atoms with E-state index < -0.39 is 10.8 Å². The fourth-order valence-electron chi connectivity index (χ4n) is 2.40. The first kappa shape index (κ1) is 14.8. The summed E-state index contributed by atoms with van der Waals surface area (Å²) >= 11 is 7.07. The molecule has 7 heteroatoms. The molecule has 1 aromatic heterocycles. The molecule has 0 aromatic carbocycles. The van der Waals surface area contributed by atoms with Gasteiger partial charge < -0.3 is 5.32 Å². The van der Waals surface area contributed by atoms with Gasteiger partial charge in [0.1, 0.15) is 16.6 Å². The molecule has 1 aromatic rings. The van der Waals surface area contributed by atoms with Crippen molar-refractivity contribution in [3.05, 3.63) is 10.7 Å². The molecule has 3 atom stereocenters. The smallest absolute Gasteiger partial charge is 0.162 e. The van der Waals surface area contributed by atoms with Crippen LogP contribution in [0.3, 0.4) is 0 Å². The normalized spacial score (nSPS) is 24.7. The molecular formula is C12H16ClN3OS2. The van der Waals surface area contributed by atoms with Crippen molar-refractivity contribution in [1.29, 1.82) is 5.26 Å². The molecule has 0 saturated heterocycles. The topological polar surface area (TPSA) is 65.8 Å². The Morgan fingerprint density at radius 1 is 1.63 bits per heavy atom. The molecule has 1 saturated carbocycles. The van der Waals surface area contributed by atoms with Gasteiger partial charge in [-0.2, -0.15) is 9.64 Å². The van der Waals surface area contributed by atoms with E-state index in [9.17, 15) is 4.21 Å². The molecule has 1 N–H and O–H groups in total. The molecule has 1 aliphatic carbocycles. The van der Waals surface area contributed by atoms with E-state index in [-0.39, 0.29) is 16.4 Å². The highest BCUT2D eigenvalue weighted by Gasteiger charge is 2.26. The first-order chi connectivity index (χ1) is 9.15. The van der Waals surface area contributed by atoms with Crippen molar-refractivity contribution in [1.82, 2.24) is 4.37 Å². The summed E-state index contributed by atoms with van der Waals surface area (Å²) < 4.78 is 15.9. The Kier molecular flexibility index (Phi) is 5.20. The fraction of sp³-hybridized carbons (Fsp3) is 0.667. The van der Waals surface area contributed by atoms with Crippen LogP contribution in [0.5, 0.6) is 0 Å². The highest BCUT2D eigenvalue weighted by molar-refractivity contribution is 7.85. The zero-order valence-electron chi connectivity index (χ0n) is 10.7. The summed E-state index contributed by atoms with van der Waals surface area (Å²) in [6.07, 6.45) is 4.04. The number of anilines is 1. The Morgan fingerprint density at radius 2 is 2.42 bits per heavy atom. The van der Waals surface area contributed by atoms with Crippen molar-refractivity contribution in [2.24, 2.45) is 0 Å². The number of hydrogen-bond acceptors (Lipinski definition) is 5. The van der Waals surface area contributed by atoms with Gasteiger partial charge >= 0.3 is 0 Å². The van der Waals surface area contributed by atoms with Crippen molar-refractivity contribution < 1.29 is 4.21 Å². The summed E-state index contributed by atoms with van der Waals surface area (Å²) in [7, 11) is -0.737. The van der Waals surface area contributed by atoms with E-state index in [4.69, 9.17) is 16.9 Å². The monoisotopic (exact) mass is 317 g/mol. The number of halogens is 1. The molecule has 1 heterocycles. The second-order valence-electron chi connectivity index (χ2n) is 4.59. The Hall–Kier alpha value is -0.640. The maximum Gasteiger partial charge on any atom is 0.162 e. The van der Waals surface area contributed by atoms with Crippen LogP contribution >= 0.6 is 23.1 Å². The van der Waals surface area contributed by atoms with Gasteiger partial charge in [-0.1, -0.05) is 24.9 Å². The molecule has 0 amide bonds. The van der Waals surface area contributed by atoms with E-state index in [2.05, 4.69) is 15.8 Å². The van der Waals surface area contributed by atoms with Crippen LogP contribution in [0, 0.1) is 11.3 Å². The van der Waals surface area contributed by atoms with Crippen LogP contribution in [0.25, 0.3) is 0 Å². The third-order valence-electron chi connectivity index (χ3n) is 3.38. The van der Waals surface area contributed by atoms with E-state index >= 15 is 0 Å². The van der Waals surface area contributed by atoms with Crippen molar-refractivity contribution >= 4 is 38.9 Å². The van der Waals surface area contributed by atoms with E-state index in [1.54, 1.807) is 0 Å². The Morgan fingerprint density at radius 3 is 3.11 bits per heavy atom. The van der Waals surface area contributed by atoms with Gasteiger partial charge in [-0.05, 0) is 30.8 Å². The SMILES string of the molecule is CCS(=O)C1CCCC(Nc2snc(Cl)c2C#N)C1. The van der Waals surface area contributed by atoms with Crippen molar-refractivity contribution in [2.75, 3.05) is 11.1 Å². The largest absolute Gasteiger partial charge is 0.372 e. The van der Waals surface area contributed by atoms with Crippen LogP contribution in [0.15, 0.2) is 0 Å². The number of rotatable bonds is 4. The lowest BCUT2D eigenvalue weighted by molar-refractivity contribution is 0.466. The van der Waals surface area contributed by atoms with Gasteiger partial charge in [0, 0.05) is 27.8 Å². The average molecular weight is 318 g/mol. The van der Waals surface area contributed by atoms with Crippen molar-refractivity contribution in [3.8, 4) is 6.07 Å². The van der Waals surface area contributed by atoms with E-state index in [1.807, 2.05) is 6.92 Å². The zero-order valence-corrected chi connectivity index (χ0v) is 13.1. The number of aromatic nitrogens is 1. The zero-order chi connectivity index (χ0) is 13.8. The molecule has 0 bridgehead atoms. The predicted octanol–water partition coefficient (Wildman–Crippen LogP) is 3.16. The van der Waals surface area contributed by atoms with Crippen LogP contribution < -0.4 is 5.32 Å². The summed E-state index contributed by atoms with van der Waals surface area (Å²) in [5, 5.41) is 13.7. The lowest BCUT2D eigenvalue weighted by atomic mass is 9.95. The molecule has 2 rings (SSSR count). The van der Waals surface area contributed by atoms with Gasteiger partial charge in [-0.3, -0.25) is 4.21 Å². The van der Waals surface area contributed by atoms with Gasteiger partial charge in [0.2, 0.25) is 0 Å². The maximum absolute atomic E-state index is 11.9. The van der Waals surface area contributed by atoms with Crippen LogP contribution in [-0.2, 0) is 10.8 Å². The quantitative estimate of drug-likeness (QED) is 0.926. The lowest BCUT2D eigenvalue weighted by Gasteiger charge is -2.29. The highest BCUT2D eigenvalue weighted by Crippen LogP contribution is 2.31. The minimum absolute atomic E-state index is 0.262. The second-order valence-corrected chi connectivity index (χ2v) is 7.73.